The van der Waals surface area contributed by atoms with Gasteiger partial charge < -0.3 is 4.90 Å². The molecule has 1 heterocycles. The Morgan fingerprint density at radius 2 is 2.08 bits per heavy atom. The van der Waals surface area contributed by atoms with Crippen LogP contribution < -0.4 is 4.90 Å². The normalized spacial score (nSPS) is 21.0. The van der Waals surface area contributed by atoms with Crippen LogP contribution in [-0.4, -0.2) is 12.6 Å². The Morgan fingerprint density at radius 1 is 1.38 bits per heavy atom. The zero-order valence-corrected chi connectivity index (χ0v) is 8.03. The first-order valence-electron chi connectivity index (χ1n) is 4.77. The molecule has 0 saturated carbocycles. The summed E-state index contributed by atoms with van der Waals surface area (Å²) in [6, 6.07) is 9.25. The lowest BCUT2D eigenvalue weighted by Crippen LogP contribution is -2.46. The van der Waals surface area contributed by atoms with Crippen molar-refractivity contribution in [3.05, 3.63) is 42.5 Å². The van der Waals surface area contributed by atoms with E-state index in [0.717, 1.165) is 0 Å². The molecule has 2 rings (SSSR count). The van der Waals surface area contributed by atoms with Gasteiger partial charge in [-0.1, -0.05) is 23.8 Å². The minimum Gasteiger partial charge on any atom is -0.365 e. The third kappa shape index (κ3) is 1.46. The van der Waals surface area contributed by atoms with Crippen molar-refractivity contribution < 1.29 is 0 Å². The maximum Gasteiger partial charge on any atom is 0.0487 e. The van der Waals surface area contributed by atoms with Crippen LogP contribution in [0.15, 0.2) is 36.9 Å². The molecule has 1 nitrogen and oxygen atoms in total. The fourth-order valence-corrected chi connectivity index (χ4v) is 1.71. The molecule has 1 fully saturated rings. The van der Waals surface area contributed by atoms with Gasteiger partial charge >= 0.3 is 0 Å². The van der Waals surface area contributed by atoms with E-state index in [1.54, 1.807) is 0 Å². The molecule has 1 aliphatic rings. The Kier molecular flexibility index (Phi) is 2.09. The maximum atomic E-state index is 3.83. The molecule has 1 unspecified atom stereocenters. The molecular weight excluding hydrogens is 158 g/mol. The number of hydrogen-bond acceptors (Lipinski definition) is 1. The maximum absolute atomic E-state index is 3.83. The fraction of sp³-hybridized carbons (Fsp3) is 0.333. The SMILES string of the molecule is C=CC1CCN1c1ccc(C)cc1. The lowest BCUT2D eigenvalue weighted by Gasteiger charge is -2.41. The Labute approximate surface area is 79.7 Å². The lowest BCUT2D eigenvalue weighted by molar-refractivity contribution is 0.523. The molecule has 1 heteroatoms. The molecule has 1 atom stereocenters. The highest BCUT2D eigenvalue weighted by Crippen LogP contribution is 2.26. The second kappa shape index (κ2) is 3.25. The third-order valence-corrected chi connectivity index (χ3v) is 2.70. The molecule has 0 spiro atoms. The minimum atomic E-state index is 0.558. The van der Waals surface area contributed by atoms with Crippen LogP contribution in [0.4, 0.5) is 5.69 Å². The highest BCUT2D eigenvalue weighted by atomic mass is 15.2. The lowest BCUT2D eigenvalue weighted by atomic mass is 10.0. The summed E-state index contributed by atoms with van der Waals surface area (Å²) in [6.45, 7) is 7.12. The molecule has 0 aliphatic carbocycles. The molecule has 1 aromatic carbocycles. The van der Waals surface area contributed by atoms with Crippen molar-refractivity contribution in [2.24, 2.45) is 0 Å². The van der Waals surface area contributed by atoms with Crippen LogP contribution in [0.5, 0.6) is 0 Å². The molecule has 0 amide bonds. The van der Waals surface area contributed by atoms with Crippen molar-refractivity contribution in [3.63, 3.8) is 0 Å². The second-order valence-corrected chi connectivity index (χ2v) is 3.62. The number of benzene rings is 1. The monoisotopic (exact) mass is 173 g/mol. The molecule has 1 aliphatic heterocycles. The van der Waals surface area contributed by atoms with Gasteiger partial charge in [0.05, 0.1) is 0 Å². The first-order valence-corrected chi connectivity index (χ1v) is 4.77. The van der Waals surface area contributed by atoms with Crippen molar-refractivity contribution in [1.82, 2.24) is 0 Å². The predicted molar refractivity (Wildman–Crippen MR) is 57.1 cm³/mol. The second-order valence-electron chi connectivity index (χ2n) is 3.62. The summed E-state index contributed by atoms with van der Waals surface area (Å²) in [5, 5.41) is 0. The van der Waals surface area contributed by atoms with E-state index >= 15 is 0 Å². The zero-order chi connectivity index (χ0) is 9.26. The van der Waals surface area contributed by atoms with Crippen LogP contribution in [0, 0.1) is 6.92 Å². The van der Waals surface area contributed by atoms with Crippen molar-refractivity contribution in [1.29, 1.82) is 0 Å². The Balaban J connectivity index is 2.17. The van der Waals surface area contributed by atoms with E-state index in [9.17, 15) is 0 Å². The summed E-state index contributed by atoms with van der Waals surface area (Å²) in [6.07, 6.45) is 3.28. The summed E-state index contributed by atoms with van der Waals surface area (Å²) in [4.78, 5) is 2.38. The standard InChI is InChI=1S/C12H15N/c1-3-11-8-9-13(11)12-6-4-10(2)5-7-12/h3-7,11H,1,8-9H2,2H3. The summed E-state index contributed by atoms with van der Waals surface area (Å²) >= 11 is 0. The average molecular weight is 173 g/mol. The molecular formula is C12H15N. The van der Waals surface area contributed by atoms with E-state index in [1.165, 1.54) is 24.2 Å². The van der Waals surface area contributed by atoms with E-state index in [-0.39, 0.29) is 0 Å². The first-order chi connectivity index (χ1) is 6.31. The summed E-state index contributed by atoms with van der Waals surface area (Å²) < 4.78 is 0. The highest BCUT2D eigenvalue weighted by Gasteiger charge is 2.24. The highest BCUT2D eigenvalue weighted by molar-refractivity contribution is 5.51. The molecule has 13 heavy (non-hydrogen) atoms. The third-order valence-electron chi connectivity index (χ3n) is 2.70. The van der Waals surface area contributed by atoms with Gasteiger partial charge in [-0.25, -0.2) is 0 Å². The van der Waals surface area contributed by atoms with E-state index in [0.29, 0.717) is 6.04 Å². The van der Waals surface area contributed by atoms with Crippen LogP contribution in [0.2, 0.25) is 0 Å². The molecule has 0 aromatic heterocycles. The summed E-state index contributed by atoms with van der Waals surface area (Å²) in [5.41, 5.74) is 2.64. The smallest absolute Gasteiger partial charge is 0.0487 e. The van der Waals surface area contributed by atoms with Gasteiger partial charge in [-0.05, 0) is 25.5 Å². The summed E-state index contributed by atoms with van der Waals surface area (Å²) in [7, 11) is 0. The molecule has 1 aromatic rings. The van der Waals surface area contributed by atoms with Gasteiger partial charge in [0.1, 0.15) is 0 Å². The number of nitrogens with zero attached hydrogens (tertiary/aromatic N) is 1. The molecule has 1 saturated heterocycles. The fourth-order valence-electron chi connectivity index (χ4n) is 1.71. The molecule has 0 bridgehead atoms. The van der Waals surface area contributed by atoms with Crippen molar-refractivity contribution in [2.75, 3.05) is 11.4 Å². The largest absolute Gasteiger partial charge is 0.365 e. The van der Waals surface area contributed by atoms with E-state index < -0.39 is 0 Å². The van der Waals surface area contributed by atoms with Gasteiger partial charge in [-0.3, -0.25) is 0 Å². The minimum absolute atomic E-state index is 0.558. The van der Waals surface area contributed by atoms with Crippen LogP contribution in [0.1, 0.15) is 12.0 Å². The van der Waals surface area contributed by atoms with Gasteiger partial charge in [0, 0.05) is 18.3 Å². The van der Waals surface area contributed by atoms with Crippen LogP contribution in [0.25, 0.3) is 0 Å². The predicted octanol–water partition coefficient (Wildman–Crippen LogP) is 2.76. The van der Waals surface area contributed by atoms with E-state index in [1.807, 2.05) is 6.08 Å². The number of hydrogen-bond donors (Lipinski definition) is 0. The number of aryl methyl sites for hydroxylation is 1. The van der Waals surface area contributed by atoms with Gasteiger partial charge in [0.25, 0.3) is 0 Å². The van der Waals surface area contributed by atoms with E-state index in [4.69, 9.17) is 0 Å². The Bertz CT molecular complexity index is 299. The Morgan fingerprint density at radius 3 is 2.54 bits per heavy atom. The van der Waals surface area contributed by atoms with Gasteiger partial charge in [-0.2, -0.15) is 0 Å². The molecule has 0 N–H and O–H groups in total. The summed E-state index contributed by atoms with van der Waals surface area (Å²) in [5.74, 6) is 0. The molecule has 68 valence electrons. The topological polar surface area (TPSA) is 3.24 Å². The number of rotatable bonds is 2. The first kappa shape index (κ1) is 8.36. The van der Waals surface area contributed by atoms with Crippen molar-refractivity contribution >= 4 is 5.69 Å². The Hall–Kier alpha value is -1.24. The van der Waals surface area contributed by atoms with E-state index in [2.05, 4.69) is 42.7 Å². The van der Waals surface area contributed by atoms with Crippen LogP contribution >= 0.6 is 0 Å². The average Bonchev–Trinajstić information content (AvgIpc) is 2.08. The molecule has 0 radical (unpaired) electrons. The van der Waals surface area contributed by atoms with Gasteiger partial charge in [-0.15, -0.1) is 6.58 Å². The zero-order valence-electron chi connectivity index (χ0n) is 8.03. The van der Waals surface area contributed by atoms with Gasteiger partial charge in [0.2, 0.25) is 0 Å². The van der Waals surface area contributed by atoms with Crippen molar-refractivity contribution in [2.45, 2.75) is 19.4 Å². The number of anilines is 1. The van der Waals surface area contributed by atoms with Crippen LogP contribution in [-0.2, 0) is 0 Å². The quantitative estimate of drug-likeness (QED) is 0.621. The van der Waals surface area contributed by atoms with Crippen molar-refractivity contribution in [3.8, 4) is 0 Å². The van der Waals surface area contributed by atoms with Crippen LogP contribution in [0.3, 0.4) is 0 Å². The van der Waals surface area contributed by atoms with Gasteiger partial charge in [0.15, 0.2) is 0 Å².